The predicted molar refractivity (Wildman–Crippen MR) is 82.1 cm³/mol. The second kappa shape index (κ2) is 7.07. The molecule has 1 heterocycles. The average Bonchev–Trinajstić information content (AvgIpc) is 2.53. The van der Waals surface area contributed by atoms with Gasteiger partial charge in [-0.25, -0.2) is 9.18 Å². The van der Waals surface area contributed by atoms with E-state index in [9.17, 15) is 14.0 Å². The van der Waals surface area contributed by atoms with Crippen LogP contribution in [0.1, 0.15) is 12.5 Å². The first kappa shape index (κ1) is 16.7. The Morgan fingerprint density at radius 2 is 2.00 bits per heavy atom. The quantitative estimate of drug-likeness (QED) is 0.839. The Kier molecular flexibility index (Phi) is 5.13. The number of urea groups is 1. The monoisotopic (exact) mass is 319 g/mol. The van der Waals surface area contributed by atoms with E-state index in [-0.39, 0.29) is 5.56 Å². The number of nitrogens with one attached hydrogen (secondary N) is 1. The third kappa shape index (κ3) is 3.96. The molecule has 1 atom stereocenters. The molecule has 0 unspecified atom stereocenters. The van der Waals surface area contributed by atoms with E-state index in [1.807, 2.05) is 15.9 Å². The van der Waals surface area contributed by atoms with Crippen LogP contribution in [0.25, 0.3) is 0 Å². The number of carbonyl (C=O) groups is 2. The van der Waals surface area contributed by atoms with Gasteiger partial charge < -0.3 is 10.6 Å². The van der Waals surface area contributed by atoms with Crippen molar-refractivity contribution in [3.63, 3.8) is 0 Å². The maximum atomic E-state index is 14.0. The van der Waals surface area contributed by atoms with E-state index >= 15 is 0 Å². The Balaban J connectivity index is 1.97. The highest BCUT2D eigenvalue weighted by molar-refractivity contribution is 5.96. The number of hydrogen-bond donors (Lipinski definition) is 2. The Labute approximate surface area is 133 Å². The van der Waals surface area contributed by atoms with Gasteiger partial charge in [0.25, 0.3) is 0 Å². The van der Waals surface area contributed by atoms with E-state index in [0.29, 0.717) is 31.9 Å². The summed E-state index contributed by atoms with van der Waals surface area (Å²) in [6.07, 6.45) is 0. The molecule has 3 amide bonds. The van der Waals surface area contributed by atoms with Crippen LogP contribution in [0.2, 0.25) is 0 Å². The molecule has 2 rings (SSSR count). The third-order valence-corrected chi connectivity index (χ3v) is 3.91. The minimum absolute atomic E-state index is 0.279. The molecule has 0 bridgehead atoms. The van der Waals surface area contributed by atoms with Crippen LogP contribution in [0.15, 0.2) is 18.2 Å². The van der Waals surface area contributed by atoms with Crippen molar-refractivity contribution in [2.45, 2.75) is 13.0 Å². The molecule has 8 heteroatoms. The predicted octanol–water partition coefficient (Wildman–Crippen LogP) is 0.403. The van der Waals surface area contributed by atoms with Gasteiger partial charge in [-0.1, -0.05) is 0 Å². The van der Waals surface area contributed by atoms with Gasteiger partial charge in [0, 0.05) is 26.2 Å². The number of nitrogens with zero attached hydrogens (tertiary/aromatic N) is 3. The number of anilines is 1. The fraction of sp³-hybridized carbons (Fsp3) is 0.400. The van der Waals surface area contributed by atoms with Crippen molar-refractivity contribution in [2.24, 2.45) is 5.73 Å². The summed E-state index contributed by atoms with van der Waals surface area (Å²) in [6, 6.07) is 4.91. The number of primary amides is 1. The Morgan fingerprint density at radius 1 is 1.35 bits per heavy atom. The number of imide groups is 1. The Bertz CT molecular complexity index is 650. The number of hydrogen-bond acceptors (Lipinski definition) is 5. The van der Waals surface area contributed by atoms with Gasteiger partial charge in [0.05, 0.1) is 23.4 Å². The zero-order chi connectivity index (χ0) is 17.0. The minimum Gasteiger partial charge on any atom is -0.367 e. The Hall–Kier alpha value is -2.66. The topological polar surface area (TPSA) is 102 Å². The SMILES string of the molecule is C[C@H](C(=O)NC(N)=O)N1CCN(c2ccc(C#N)cc2F)CC1. The first-order valence-electron chi connectivity index (χ1n) is 7.21. The van der Waals surface area contributed by atoms with E-state index < -0.39 is 23.8 Å². The van der Waals surface area contributed by atoms with Crippen molar-refractivity contribution >= 4 is 17.6 Å². The number of nitriles is 1. The van der Waals surface area contributed by atoms with Crippen LogP contribution in [0.3, 0.4) is 0 Å². The fourth-order valence-electron chi connectivity index (χ4n) is 2.57. The molecule has 1 saturated heterocycles. The molecule has 0 saturated carbocycles. The van der Waals surface area contributed by atoms with Gasteiger partial charge >= 0.3 is 6.03 Å². The van der Waals surface area contributed by atoms with Crippen LogP contribution >= 0.6 is 0 Å². The van der Waals surface area contributed by atoms with Crippen molar-refractivity contribution in [2.75, 3.05) is 31.1 Å². The zero-order valence-electron chi connectivity index (χ0n) is 12.8. The molecule has 3 N–H and O–H groups in total. The smallest absolute Gasteiger partial charge is 0.318 e. The maximum absolute atomic E-state index is 14.0. The normalized spacial score (nSPS) is 16.5. The van der Waals surface area contributed by atoms with Crippen LogP contribution in [0, 0.1) is 17.1 Å². The molecule has 0 radical (unpaired) electrons. The van der Waals surface area contributed by atoms with Gasteiger partial charge in [-0.3, -0.25) is 15.0 Å². The lowest BCUT2D eigenvalue weighted by molar-refractivity contribution is -0.124. The summed E-state index contributed by atoms with van der Waals surface area (Å²) in [4.78, 5) is 26.3. The van der Waals surface area contributed by atoms with Gasteiger partial charge in [-0.15, -0.1) is 0 Å². The summed E-state index contributed by atoms with van der Waals surface area (Å²) in [6.45, 7) is 3.86. The van der Waals surface area contributed by atoms with Crippen LogP contribution in [-0.4, -0.2) is 49.1 Å². The highest BCUT2D eigenvalue weighted by Crippen LogP contribution is 2.22. The number of piperazine rings is 1. The van der Waals surface area contributed by atoms with Gasteiger partial charge in [0.2, 0.25) is 5.91 Å². The number of nitrogens with two attached hydrogens (primary N) is 1. The molecule has 0 spiro atoms. The van der Waals surface area contributed by atoms with E-state index in [4.69, 9.17) is 11.0 Å². The number of amides is 3. The van der Waals surface area contributed by atoms with E-state index in [1.165, 1.54) is 6.07 Å². The molecule has 0 aliphatic carbocycles. The van der Waals surface area contributed by atoms with Crippen LogP contribution < -0.4 is 16.0 Å². The van der Waals surface area contributed by atoms with E-state index in [0.717, 1.165) is 0 Å². The van der Waals surface area contributed by atoms with Crippen LogP contribution in [-0.2, 0) is 4.79 Å². The second-order valence-corrected chi connectivity index (χ2v) is 5.33. The van der Waals surface area contributed by atoms with Gasteiger partial charge in [-0.05, 0) is 25.1 Å². The standard InChI is InChI=1S/C15H18FN5O2/c1-10(14(22)19-15(18)23)20-4-6-21(7-5-20)13-3-2-11(9-17)8-12(13)16/h2-3,8,10H,4-7H2,1H3,(H3,18,19,22,23)/t10-/m1/s1. The highest BCUT2D eigenvalue weighted by Gasteiger charge is 2.27. The summed E-state index contributed by atoms with van der Waals surface area (Å²) >= 11 is 0. The molecule has 0 aromatic heterocycles. The van der Waals surface area contributed by atoms with Crippen LogP contribution in [0.5, 0.6) is 0 Å². The summed E-state index contributed by atoms with van der Waals surface area (Å²) in [5.74, 6) is -0.882. The number of rotatable bonds is 3. The fourth-order valence-corrected chi connectivity index (χ4v) is 2.57. The Morgan fingerprint density at radius 3 is 2.52 bits per heavy atom. The van der Waals surface area contributed by atoms with E-state index in [1.54, 1.807) is 19.1 Å². The molecule has 7 nitrogen and oxygen atoms in total. The molecule has 1 aromatic carbocycles. The maximum Gasteiger partial charge on any atom is 0.318 e. The molecule has 1 aliphatic heterocycles. The van der Waals surface area contributed by atoms with Crippen LogP contribution in [0.4, 0.5) is 14.9 Å². The summed E-state index contributed by atoms with van der Waals surface area (Å²) in [5, 5.41) is 10.8. The number of carbonyl (C=O) groups excluding carboxylic acids is 2. The number of benzene rings is 1. The lowest BCUT2D eigenvalue weighted by Crippen LogP contribution is -2.55. The first-order chi connectivity index (χ1) is 10.9. The van der Waals surface area contributed by atoms with Crippen molar-refractivity contribution in [1.82, 2.24) is 10.2 Å². The summed E-state index contributed by atoms with van der Waals surface area (Å²) in [7, 11) is 0. The highest BCUT2D eigenvalue weighted by atomic mass is 19.1. The average molecular weight is 319 g/mol. The summed E-state index contributed by atoms with van der Waals surface area (Å²) < 4.78 is 14.0. The lowest BCUT2D eigenvalue weighted by atomic mass is 10.1. The number of halogens is 1. The third-order valence-electron chi connectivity index (χ3n) is 3.91. The first-order valence-corrected chi connectivity index (χ1v) is 7.21. The van der Waals surface area contributed by atoms with Gasteiger partial charge in [0.15, 0.2) is 0 Å². The molecule has 1 aromatic rings. The lowest BCUT2D eigenvalue weighted by Gasteiger charge is -2.38. The largest absolute Gasteiger partial charge is 0.367 e. The van der Waals surface area contributed by atoms with Gasteiger partial charge in [0.1, 0.15) is 5.82 Å². The van der Waals surface area contributed by atoms with Crippen molar-refractivity contribution in [3.05, 3.63) is 29.6 Å². The zero-order valence-corrected chi connectivity index (χ0v) is 12.8. The molecule has 1 fully saturated rings. The second-order valence-electron chi connectivity index (χ2n) is 5.33. The summed E-state index contributed by atoms with van der Waals surface area (Å²) in [5.41, 5.74) is 5.66. The van der Waals surface area contributed by atoms with Gasteiger partial charge in [-0.2, -0.15) is 5.26 Å². The van der Waals surface area contributed by atoms with Crippen molar-refractivity contribution in [3.8, 4) is 6.07 Å². The van der Waals surface area contributed by atoms with E-state index in [2.05, 4.69) is 5.32 Å². The molecule has 122 valence electrons. The molecular weight excluding hydrogens is 301 g/mol. The molecule has 1 aliphatic rings. The van der Waals surface area contributed by atoms with Crippen molar-refractivity contribution in [1.29, 1.82) is 5.26 Å². The molecular formula is C15H18FN5O2. The minimum atomic E-state index is -0.875. The molecule has 23 heavy (non-hydrogen) atoms. The van der Waals surface area contributed by atoms with Crippen molar-refractivity contribution < 1.29 is 14.0 Å².